The smallest absolute Gasteiger partial charge is 0.255 e. The number of carbonyl (C=O) groups excluding carboxylic acids is 2. The monoisotopic (exact) mass is 418 g/mol. The highest BCUT2D eigenvalue weighted by molar-refractivity contribution is 6.02. The van der Waals surface area contributed by atoms with Crippen molar-refractivity contribution in [1.82, 2.24) is 10.2 Å². The molecule has 2 amide bonds. The van der Waals surface area contributed by atoms with E-state index in [1.807, 2.05) is 73.3 Å². The minimum Gasteiger partial charge on any atom is -0.351 e. The van der Waals surface area contributed by atoms with Crippen molar-refractivity contribution in [1.29, 1.82) is 0 Å². The summed E-state index contributed by atoms with van der Waals surface area (Å²) in [5, 5.41) is 3.35. The fourth-order valence-corrected chi connectivity index (χ4v) is 5.31. The van der Waals surface area contributed by atoms with Gasteiger partial charge in [0.1, 0.15) is 5.54 Å². The van der Waals surface area contributed by atoms with E-state index in [9.17, 15) is 9.59 Å². The van der Waals surface area contributed by atoms with E-state index in [4.69, 9.17) is 0 Å². The van der Waals surface area contributed by atoms with Gasteiger partial charge in [-0.05, 0) is 43.9 Å². The average Bonchev–Trinajstić information content (AvgIpc) is 2.76. The van der Waals surface area contributed by atoms with E-state index >= 15 is 0 Å². The number of nitrogens with zero attached hydrogens (tertiary/aromatic N) is 1. The molecule has 2 atom stereocenters. The van der Waals surface area contributed by atoms with Crippen molar-refractivity contribution in [3.8, 4) is 0 Å². The molecule has 1 aliphatic heterocycles. The van der Waals surface area contributed by atoms with Crippen LogP contribution in [-0.2, 0) is 11.2 Å². The quantitative estimate of drug-likeness (QED) is 0.719. The third-order valence-electron chi connectivity index (χ3n) is 7.13. The fourth-order valence-electron chi connectivity index (χ4n) is 5.31. The first kappa shape index (κ1) is 21.6. The molecular weight excluding hydrogens is 384 g/mol. The Balaban J connectivity index is 1.67. The van der Waals surface area contributed by atoms with Gasteiger partial charge in [-0.15, -0.1) is 0 Å². The molecule has 1 N–H and O–H groups in total. The SMILES string of the molecule is C[C@H](c1ccccc1)N1C(=O)c2ccccc2C[C@]1(C)C(=O)NC1CCCCCCC1. The molecule has 0 aromatic heterocycles. The Hall–Kier alpha value is -2.62. The van der Waals surface area contributed by atoms with E-state index < -0.39 is 5.54 Å². The van der Waals surface area contributed by atoms with Crippen molar-refractivity contribution in [3.63, 3.8) is 0 Å². The predicted octanol–water partition coefficient (Wildman–Crippen LogP) is 5.43. The molecule has 4 rings (SSSR count). The highest BCUT2D eigenvalue weighted by atomic mass is 16.2. The van der Waals surface area contributed by atoms with Gasteiger partial charge in [-0.1, -0.05) is 80.6 Å². The third kappa shape index (κ3) is 4.39. The Morgan fingerprint density at radius 3 is 2.29 bits per heavy atom. The normalized spacial score (nSPS) is 23.4. The molecule has 0 bridgehead atoms. The van der Waals surface area contributed by atoms with Gasteiger partial charge in [-0.3, -0.25) is 9.59 Å². The zero-order valence-electron chi connectivity index (χ0n) is 18.8. The van der Waals surface area contributed by atoms with Crippen LogP contribution in [0.2, 0.25) is 0 Å². The van der Waals surface area contributed by atoms with Crippen molar-refractivity contribution < 1.29 is 9.59 Å². The van der Waals surface area contributed by atoms with Crippen LogP contribution in [0.3, 0.4) is 0 Å². The summed E-state index contributed by atoms with van der Waals surface area (Å²) in [6.07, 6.45) is 8.69. The first-order valence-corrected chi connectivity index (χ1v) is 11.8. The van der Waals surface area contributed by atoms with Crippen LogP contribution in [0.15, 0.2) is 54.6 Å². The number of hydrogen-bond donors (Lipinski definition) is 1. The molecule has 1 saturated carbocycles. The first-order valence-electron chi connectivity index (χ1n) is 11.8. The molecule has 2 aromatic rings. The van der Waals surface area contributed by atoms with Crippen molar-refractivity contribution in [2.45, 2.75) is 82.8 Å². The molecule has 0 saturated heterocycles. The summed E-state index contributed by atoms with van der Waals surface area (Å²) in [6.45, 7) is 3.97. The number of rotatable bonds is 4. The van der Waals surface area contributed by atoms with Gasteiger partial charge in [0.25, 0.3) is 5.91 Å². The second-order valence-electron chi connectivity index (χ2n) is 9.39. The predicted molar refractivity (Wildman–Crippen MR) is 124 cm³/mol. The molecule has 4 nitrogen and oxygen atoms in total. The lowest BCUT2D eigenvalue weighted by molar-refractivity contribution is -0.133. The van der Waals surface area contributed by atoms with Crippen LogP contribution < -0.4 is 5.32 Å². The van der Waals surface area contributed by atoms with Crippen molar-refractivity contribution in [2.24, 2.45) is 0 Å². The topological polar surface area (TPSA) is 49.4 Å². The van der Waals surface area contributed by atoms with Gasteiger partial charge < -0.3 is 10.2 Å². The number of amides is 2. The van der Waals surface area contributed by atoms with Gasteiger partial charge in [0.15, 0.2) is 0 Å². The van der Waals surface area contributed by atoms with Gasteiger partial charge in [0.2, 0.25) is 5.91 Å². The Labute approximate surface area is 186 Å². The summed E-state index contributed by atoms with van der Waals surface area (Å²) in [4.78, 5) is 29.3. The summed E-state index contributed by atoms with van der Waals surface area (Å²) in [5.74, 6) is -0.0859. The summed E-state index contributed by atoms with van der Waals surface area (Å²) in [6, 6.07) is 17.7. The van der Waals surface area contributed by atoms with E-state index in [0.29, 0.717) is 12.0 Å². The van der Waals surface area contributed by atoms with Crippen molar-refractivity contribution >= 4 is 11.8 Å². The molecule has 164 valence electrons. The molecule has 0 radical (unpaired) electrons. The summed E-state index contributed by atoms with van der Waals surface area (Å²) in [5.41, 5.74) is 1.78. The second-order valence-corrected chi connectivity index (χ2v) is 9.39. The number of hydrogen-bond acceptors (Lipinski definition) is 2. The number of benzene rings is 2. The minimum atomic E-state index is -0.928. The first-order chi connectivity index (χ1) is 15.0. The lowest BCUT2D eigenvalue weighted by Gasteiger charge is -2.47. The van der Waals surface area contributed by atoms with Crippen molar-refractivity contribution in [2.75, 3.05) is 0 Å². The molecule has 1 aliphatic carbocycles. The number of fused-ring (bicyclic) bond motifs is 1. The maximum Gasteiger partial charge on any atom is 0.255 e. The van der Waals surface area contributed by atoms with E-state index in [0.717, 1.165) is 36.8 Å². The molecular formula is C27H34N2O2. The van der Waals surface area contributed by atoms with Crippen LogP contribution in [-0.4, -0.2) is 28.3 Å². The maximum atomic E-state index is 13.8. The second kappa shape index (κ2) is 9.25. The van der Waals surface area contributed by atoms with Crippen LogP contribution in [0.1, 0.15) is 86.3 Å². The van der Waals surface area contributed by atoms with Gasteiger partial charge in [0, 0.05) is 18.0 Å². The van der Waals surface area contributed by atoms with E-state index in [1.54, 1.807) is 0 Å². The van der Waals surface area contributed by atoms with Crippen LogP contribution in [0, 0.1) is 0 Å². The lowest BCUT2D eigenvalue weighted by atomic mass is 9.80. The molecule has 31 heavy (non-hydrogen) atoms. The van der Waals surface area contributed by atoms with E-state index in [2.05, 4.69) is 5.32 Å². The van der Waals surface area contributed by atoms with E-state index in [1.165, 1.54) is 19.3 Å². The largest absolute Gasteiger partial charge is 0.351 e. The molecule has 0 unspecified atom stereocenters. The summed E-state index contributed by atoms with van der Waals surface area (Å²) < 4.78 is 0. The van der Waals surface area contributed by atoms with Crippen LogP contribution in [0.25, 0.3) is 0 Å². The minimum absolute atomic E-state index is 0.0243. The lowest BCUT2D eigenvalue weighted by Crippen LogP contribution is -2.64. The Kier molecular flexibility index (Phi) is 6.45. The summed E-state index contributed by atoms with van der Waals surface area (Å²) >= 11 is 0. The standard InChI is InChI=1S/C27H34N2O2/c1-20(21-13-7-6-8-14-21)29-25(30)24-18-12-11-15-22(24)19-27(29,2)26(31)28-23-16-9-4-3-5-10-17-23/h6-8,11-15,18,20,23H,3-5,9-10,16-17,19H2,1-2H3,(H,28,31)/t20-,27-/m1/s1. The van der Waals surface area contributed by atoms with E-state index in [-0.39, 0.29) is 23.9 Å². The molecule has 1 fully saturated rings. The van der Waals surface area contributed by atoms with Gasteiger partial charge in [-0.2, -0.15) is 0 Å². The van der Waals surface area contributed by atoms with Gasteiger partial charge in [-0.25, -0.2) is 0 Å². The molecule has 0 spiro atoms. The van der Waals surface area contributed by atoms with Crippen molar-refractivity contribution in [3.05, 3.63) is 71.3 Å². The third-order valence-corrected chi connectivity index (χ3v) is 7.13. The number of carbonyl (C=O) groups is 2. The van der Waals surface area contributed by atoms with Gasteiger partial charge >= 0.3 is 0 Å². The molecule has 1 heterocycles. The van der Waals surface area contributed by atoms with Crippen LogP contribution in [0.5, 0.6) is 0 Å². The highest BCUT2D eigenvalue weighted by Gasteiger charge is 2.49. The Morgan fingerprint density at radius 2 is 1.58 bits per heavy atom. The van der Waals surface area contributed by atoms with Crippen LogP contribution in [0.4, 0.5) is 0 Å². The zero-order valence-corrected chi connectivity index (χ0v) is 18.8. The van der Waals surface area contributed by atoms with Crippen LogP contribution >= 0.6 is 0 Å². The molecule has 2 aliphatic rings. The van der Waals surface area contributed by atoms with Gasteiger partial charge in [0.05, 0.1) is 6.04 Å². The number of nitrogens with one attached hydrogen (secondary N) is 1. The zero-order chi connectivity index (χ0) is 21.8. The Morgan fingerprint density at radius 1 is 0.968 bits per heavy atom. The maximum absolute atomic E-state index is 13.8. The summed E-state index contributed by atoms with van der Waals surface area (Å²) in [7, 11) is 0. The highest BCUT2D eigenvalue weighted by Crippen LogP contribution is 2.38. The Bertz CT molecular complexity index is 918. The molecule has 4 heteroatoms. The average molecular weight is 419 g/mol. The fraction of sp³-hybridized carbons (Fsp3) is 0.481. The molecule has 2 aromatic carbocycles.